The van der Waals surface area contributed by atoms with Crippen LogP contribution >= 0.6 is 0 Å². The van der Waals surface area contributed by atoms with Crippen molar-refractivity contribution in [2.45, 2.75) is 18.9 Å². The summed E-state index contributed by atoms with van der Waals surface area (Å²) in [6, 6.07) is 3.32. The van der Waals surface area contributed by atoms with Crippen molar-refractivity contribution >= 4 is 40.4 Å². The van der Waals surface area contributed by atoms with Gasteiger partial charge in [-0.2, -0.15) is 0 Å². The number of ether oxygens (including phenoxy) is 5. The highest BCUT2D eigenvalue weighted by Gasteiger charge is 2.46. The number of piperidine rings is 1. The van der Waals surface area contributed by atoms with E-state index in [1.54, 1.807) is 0 Å². The minimum Gasteiger partial charge on any atom is -0.483 e. The van der Waals surface area contributed by atoms with Crippen molar-refractivity contribution < 1.29 is 56.1 Å². The molecule has 0 aromatic heterocycles. The van der Waals surface area contributed by atoms with Crippen molar-refractivity contribution in [3.05, 3.63) is 29.3 Å². The average Bonchev–Trinajstić information content (AvgIpc) is 3.31. The third-order valence-electron chi connectivity index (χ3n) is 7.60. The Balaban J connectivity index is 0.981. The minimum atomic E-state index is -2.49. The zero-order valence-electron chi connectivity index (χ0n) is 26.0. The van der Waals surface area contributed by atoms with Gasteiger partial charge in [0.15, 0.2) is 6.61 Å². The Hall–Kier alpha value is -3.52. The number of amides is 5. The molecule has 0 bridgehead atoms. The van der Waals surface area contributed by atoms with Crippen molar-refractivity contribution in [1.82, 2.24) is 24.7 Å². The second-order valence-corrected chi connectivity index (χ2v) is 11.8. The van der Waals surface area contributed by atoms with E-state index in [0.717, 1.165) is 11.4 Å². The maximum atomic E-state index is 13.1. The number of nitrogens with one attached hydrogen (secondary N) is 2. The summed E-state index contributed by atoms with van der Waals surface area (Å²) in [5.74, 6) is -2.97. The number of carbonyl (C=O) groups is 5. The van der Waals surface area contributed by atoms with Gasteiger partial charge >= 0.3 is 0 Å². The summed E-state index contributed by atoms with van der Waals surface area (Å²) in [6.07, 6.45) is 0.0464. The monoisotopic (exact) mass is 683 g/mol. The molecule has 0 saturated carbocycles. The van der Waals surface area contributed by atoms with Gasteiger partial charge in [0.1, 0.15) is 11.8 Å². The third kappa shape index (κ3) is 10.7. The van der Waals surface area contributed by atoms with Crippen molar-refractivity contribution in [2.75, 3.05) is 98.7 Å². The van der Waals surface area contributed by atoms with Gasteiger partial charge in [0.05, 0.1) is 64.0 Å². The van der Waals surface area contributed by atoms with Gasteiger partial charge in [-0.3, -0.25) is 39.1 Å². The fourth-order valence-electron chi connectivity index (χ4n) is 5.14. The molecule has 17 nitrogen and oxygen atoms in total. The smallest absolute Gasteiger partial charge is 0.266 e. The highest BCUT2D eigenvalue weighted by atomic mass is 32.2. The number of nitrogens with zero attached hydrogens (tertiary/aromatic N) is 3. The molecule has 3 aliphatic rings. The number of imide groups is 2. The maximum Gasteiger partial charge on any atom is 0.266 e. The molecular weight excluding hydrogens is 642 g/mol. The predicted octanol–water partition coefficient (Wildman–Crippen LogP) is -2.21. The molecule has 2 N–H and O–H groups in total. The summed E-state index contributed by atoms with van der Waals surface area (Å²) >= 11 is 0. The first-order chi connectivity index (χ1) is 22.8. The lowest BCUT2D eigenvalue weighted by Gasteiger charge is -2.31. The average molecular weight is 684 g/mol. The third-order valence-corrected chi connectivity index (χ3v) is 8.47. The maximum absolute atomic E-state index is 13.1. The highest BCUT2D eigenvalue weighted by molar-refractivity contribution is 7.69. The first-order valence-corrected chi connectivity index (χ1v) is 16.6. The minimum absolute atomic E-state index is 0.0107. The number of hydrogen-bond donors (Lipinski definition) is 3. The van der Waals surface area contributed by atoms with Crippen LogP contribution in [0.5, 0.6) is 5.75 Å². The van der Waals surface area contributed by atoms with Crippen LogP contribution in [0.2, 0.25) is 0 Å². The molecule has 2 fully saturated rings. The summed E-state index contributed by atoms with van der Waals surface area (Å²) < 4.78 is 50.8. The van der Waals surface area contributed by atoms with Gasteiger partial charge in [0, 0.05) is 45.7 Å². The van der Waals surface area contributed by atoms with E-state index < -0.39 is 53.1 Å². The summed E-state index contributed by atoms with van der Waals surface area (Å²) in [6.45, 7) is 6.19. The van der Waals surface area contributed by atoms with Crippen LogP contribution in [0.15, 0.2) is 18.2 Å². The Morgan fingerprint density at radius 1 is 0.851 bits per heavy atom. The van der Waals surface area contributed by atoms with Crippen molar-refractivity contribution in [1.29, 1.82) is 0 Å². The first kappa shape index (κ1) is 36.3. The molecule has 3 aliphatic heterocycles. The topological polar surface area (TPSA) is 199 Å². The fraction of sp³-hybridized carbons (Fsp3) is 0.621. The first-order valence-electron chi connectivity index (χ1n) is 15.4. The van der Waals surface area contributed by atoms with Gasteiger partial charge in [-0.15, -0.1) is 0 Å². The van der Waals surface area contributed by atoms with Crippen LogP contribution in [0.1, 0.15) is 33.6 Å². The van der Waals surface area contributed by atoms with Crippen LogP contribution < -0.4 is 15.4 Å². The van der Waals surface area contributed by atoms with Gasteiger partial charge in [0.25, 0.3) is 17.7 Å². The van der Waals surface area contributed by atoms with Gasteiger partial charge in [-0.1, -0.05) is 6.07 Å². The molecule has 18 heteroatoms. The highest BCUT2D eigenvalue weighted by Crippen LogP contribution is 2.33. The zero-order valence-corrected chi connectivity index (χ0v) is 26.9. The summed E-state index contributed by atoms with van der Waals surface area (Å²) in [7, 11) is -2.49. The Kier molecular flexibility index (Phi) is 14.5. The number of thiol groups is 1. The molecule has 2 saturated heterocycles. The van der Waals surface area contributed by atoms with Gasteiger partial charge < -0.3 is 29.0 Å². The molecule has 4 rings (SSSR count). The number of rotatable bonds is 20. The molecule has 0 radical (unpaired) electrons. The van der Waals surface area contributed by atoms with Crippen molar-refractivity contribution in [2.24, 2.45) is 0 Å². The molecular formula is C29H41N5O12S. The molecule has 0 spiro atoms. The fourth-order valence-corrected chi connectivity index (χ4v) is 5.65. The summed E-state index contributed by atoms with van der Waals surface area (Å²) in [5, 5.41) is 4.79. The molecule has 260 valence electrons. The van der Waals surface area contributed by atoms with E-state index >= 15 is 0 Å². The quantitative estimate of drug-likeness (QED) is 0.0761. The Morgan fingerprint density at radius 3 is 2.13 bits per heavy atom. The lowest BCUT2D eigenvalue weighted by Crippen LogP contribution is -2.54. The largest absolute Gasteiger partial charge is 0.483 e. The van der Waals surface area contributed by atoms with Crippen LogP contribution in [-0.4, -0.2) is 157 Å². The number of benzene rings is 1. The molecule has 47 heavy (non-hydrogen) atoms. The van der Waals surface area contributed by atoms with E-state index in [1.165, 1.54) is 22.5 Å². The molecule has 1 aromatic carbocycles. The van der Waals surface area contributed by atoms with E-state index in [4.69, 9.17) is 23.7 Å². The number of fused-ring (bicyclic) bond motifs is 1. The normalized spacial score (nSPS) is 18.9. The van der Waals surface area contributed by atoms with Crippen molar-refractivity contribution in [3.8, 4) is 5.75 Å². The van der Waals surface area contributed by atoms with E-state index in [9.17, 15) is 32.4 Å². The number of carbonyl (C=O) groups excluding carboxylic acids is 5. The second-order valence-electron chi connectivity index (χ2n) is 10.7. The van der Waals surface area contributed by atoms with Crippen LogP contribution in [0.4, 0.5) is 0 Å². The molecule has 5 amide bonds. The Morgan fingerprint density at radius 2 is 1.49 bits per heavy atom. The molecule has 0 aliphatic carbocycles. The standard InChI is InChI=1S/C29H41N5O12S/c35-24-5-4-22(27(37)31-24)34-28(38)21-2-1-3-23(26(21)29(34)39)46-20-25(36)30-6-12-42-14-16-44-18-19-45-17-15-43-13-11-32-7-9-33(10-8-32)47(40)41/h1-3,22,47H,4-20H2,(H,30,36)(H,31,35,37). The SMILES string of the molecule is O=C(COc1cccc2c1C(=O)N(C1CCC(=O)NC1=O)C2=O)NCCOCCOCCOCCOCCN1CCN([SH](=O)=O)CC1. The number of piperazine rings is 1. The lowest BCUT2D eigenvalue weighted by atomic mass is 10.0. The molecule has 3 heterocycles. The van der Waals surface area contributed by atoms with E-state index in [-0.39, 0.29) is 42.9 Å². The summed E-state index contributed by atoms with van der Waals surface area (Å²) in [4.78, 5) is 65.0. The van der Waals surface area contributed by atoms with Crippen LogP contribution in [0.3, 0.4) is 0 Å². The predicted molar refractivity (Wildman–Crippen MR) is 163 cm³/mol. The Labute approximate surface area is 273 Å². The van der Waals surface area contributed by atoms with E-state index in [2.05, 4.69) is 15.5 Å². The van der Waals surface area contributed by atoms with Gasteiger partial charge in [-0.05, 0) is 18.6 Å². The summed E-state index contributed by atoms with van der Waals surface area (Å²) in [5.41, 5.74) is 0.0324. The Bertz CT molecular complexity index is 1340. The van der Waals surface area contributed by atoms with Gasteiger partial charge in [-0.25, -0.2) is 12.7 Å². The van der Waals surface area contributed by atoms with Crippen LogP contribution in [0.25, 0.3) is 0 Å². The van der Waals surface area contributed by atoms with Gasteiger partial charge in [0.2, 0.25) is 22.7 Å². The second kappa shape index (κ2) is 18.7. The van der Waals surface area contributed by atoms with E-state index in [0.29, 0.717) is 72.4 Å². The molecule has 1 atom stereocenters. The van der Waals surface area contributed by atoms with Crippen molar-refractivity contribution in [3.63, 3.8) is 0 Å². The zero-order chi connectivity index (χ0) is 33.6. The molecule has 1 aromatic rings. The molecule has 1 unspecified atom stereocenters. The number of hydrogen-bond acceptors (Lipinski definition) is 13. The van der Waals surface area contributed by atoms with E-state index in [1.807, 2.05) is 0 Å². The lowest BCUT2D eigenvalue weighted by molar-refractivity contribution is -0.136. The van der Waals surface area contributed by atoms with Crippen LogP contribution in [-0.2, 0) is 44.2 Å². The van der Waals surface area contributed by atoms with Crippen LogP contribution in [0, 0.1) is 0 Å².